The summed E-state index contributed by atoms with van der Waals surface area (Å²) in [5, 5.41) is 30.0. The Bertz CT molecular complexity index is 426. The molecular formula is C18H31NO5. The predicted molar refractivity (Wildman–Crippen MR) is 88.3 cm³/mol. The van der Waals surface area contributed by atoms with Crippen molar-refractivity contribution >= 4 is 5.91 Å². The van der Waals surface area contributed by atoms with Gasteiger partial charge in [-0.2, -0.15) is 0 Å². The van der Waals surface area contributed by atoms with Crippen LogP contribution < -0.4 is 0 Å². The van der Waals surface area contributed by atoms with Gasteiger partial charge in [0, 0.05) is 32.5 Å². The van der Waals surface area contributed by atoms with Gasteiger partial charge in [-0.3, -0.25) is 4.79 Å². The SMILES string of the molecule is O=C(C1C(O)CC(O)CC1OCC1CCCCC1)N1CC[C@@H](O)C1. The molecule has 24 heavy (non-hydrogen) atoms. The summed E-state index contributed by atoms with van der Waals surface area (Å²) in [6.45, 7) is 1.47. The highest BCUT2D eigenvalue weighted by molar-refractivity contribution is 5.80. The van der Waals surface area contributed by atoms with Crippen molar-refractivity contribution in [3.63, 3.8) is 0 Å². The summed E-state index contributed by atoms with van der Waals surface area (Å²) < 4.78 is 6.05. The van der Waals surface area contributed by atoms with Crippen LogP contribution in [0.3, 0.4) is 0 Å². The van der Waals surface area contributed by atoms with Gasteiger partial charge in [-0.05, 0) is 25.2 Å². The first-order chi connectivity index (χ1) is 11.5. The van der Waals surface area contributed by atoms with Crippen molar-refractivity contribution in [2.24, 2.45) is 11.8 Å². The van der Waals surface area contributed by atoms with Gasteiger partial charge in [0.05, 0.1) is 30.3 Å². The number of hydrogen-bond donors (Lipinski definition) is 3. The third kappa shape index (κ3) is 4.28. The Balaban J connectivity index is 1.62. The molecule has 1 aliphatic heterocycles. The molecule has 6 heteroatoms. The van der Waals surface area contributed by atoms with Crippen LogP contribution in [0.2, 0.25) is 0 Å². The van der Waals surface area contributed by atoms with Crippen LogP contribution in [0.1, 0.15) is 51.4 Å². The van der Waals surface area contributed by atoms with E-state index in [-0.39, 0.29) is 12.3 Å². The third-order valence-corrected chi connectivity index (χ3v) is 5.86. The molecule has 3 rings (SSSR count). The molecule has 0 radical (unpaired) electrons. The van der Waals surface area contributed by atoms with Crippen molar-refractivity contribution in [3.05, 3.63) is 0 Å². The Morgan fingerprint density at radius 1 is 1.00 bits per heavy atom. The van der Waals surface area contributed by atoms with Crippen LogP contribution in [0.25, 0.3) is 0 Å². The first kappa shape index (κ1) is 18.1. The quantitative estimate of drug-likeness (QED) is 0.699. The standard InChI is InChI=1S/C18H31NO5/c20-13-6-7-19(10-13)18(23)17-15(22)8-14(21)9-16(17)24-11-12-4-2-1-3-5-12/h12-17,20-22H,1-11H2/t13-,14?,15?,16?,17?/m1/s1. The predicted octanol–water partition coefficient (Wildman–Crippen LogP) is 0.677. The Hall–Kier alpha value is -0.690. The Morgan fingerprint density at radius 2 is 1.75 bits per heavy atom. The highest BCUT2D eigenvalue weighted by atomic mass is 16.5. The average molecular weight is 341 g/mol. The fraction of sp³-hybridized carbons (Fsp3) is 0.944. The maximum atomic E-state index is 12.8. The zero-order valence-corrected chi connectivity index (χ0v) is 14.3. The van der Waals surface area contributed by atoms with Gasteiger partial charge in [0.25, 0.3) is 0 Å². The molecule has 3 fully saturated rings. The molecule has 1 heterocycles. The molecule has 0 bridgehead atoms. The van der Waals surface area contributed by atoms with E-state index in [0.29, 0.717) is 38.5 Å². The highest BCUT2D eigenvalue weighted by Gasteiger charge is 2.44. The summed E-state index contributed by atoms with van der Waals surface area (Å²) in [6.07, 6.45) is 4.88. The van der Waals surface area contributed by atoms with Gasteiger partial charge in [0.1, 0.15) is 0 Å². The summed E-state index contributed by atoms with van der Waals surface area (Å²) in [4.78, 5) is 14.4. The van der Waals surface area contributed by atoms with E-state index in [1.54, 1.807) is 4.90 Å². The van der Waals surface area contributed by atoms with Gasteiger partial charge in [0.2, 0.25) is 5.91 Å². The molecule has 0 aromatic heterocycles. The van der Waals surface area contributed by atoms with Crippen molar-refractivity contribution in [1.29, 1.82) is 0 Å². The van der Waals surface area contributed by atoms with Gasteiger partial charge >= 0.3 is 0 Å². The lowest BCUT2D eigenvalue weighted by atomic mass is 9.81. The number of amides is 1. The van der Waals surface area contributed by atoms with E-state index in [1.165, 1.54) is 19.3 Å². The Morgan fingerprint density at radius 3 is 2.42 bits per heavy atom. The number of nitrogens with zero attached hydrogens (tertiary/aromatic N) is 1. The van der Waals surface area contributed by atoms with Crippen LogP contribution in [-0.4, -0.2) is 70.2 Å². The number of hydrogen-bond acceptors (Lipinski definition) is 5. The van der Waals surface area contributed by atoms with Gasteiger partial charge in [-0.1, -0.05) is 19.3 Å². The average Bonchev–Trinajstić information content (AvgIpc) is 2.99. The third-order valence-electron chi connectivity index (χ3n) is 5.86. The monoisotopic (exact) mass is 341 g/mol. The molecular weight excluding hydrogens is 310 g/mol. The fourth-order valence-electron chi connectivity index (χ4n) is 4.45. The van der Waals surface area contributed by atoms with Crippen molar-refractivity contribution < 1.29 is 24.9 Å². The second-order valence-electron chi connectivity index (χ2n) is 7.82. The number of carbonyl (C=O) groups excluding carboxylic acids is 1. The van der Waals surface area contributed by atoms with E-state index in [1.807, 2.05) is 0 Å². The number of β-amino-alcohol motifs (C(OH)–C–C–N with tert-alkyl or cyclic N) is 1. The van der Waals surface area contributed by atoms with Crippen LogP contribution >= 0.6 is 0 Å². The lowest BCUT2D eigenvalue weighted by Gasteiger charge is -2.39. The van der Waals surface area contributed by atoms with E-state index >= 15 is 0 Å². The van der Waals surface area contributed by atoms with Crippen molar-refractivity contribution in [2.45, 2.75) is 75.8 Å². The normalized spacial score (nSPS) is 38.5. The molecule has 3 aliphatic rings. The number of aliphatic hydroxyl groups excluding tert-OH is 3. The molecule has 138 valence electrons. The number of rotatable bonds is 4. The molecule has 6 nitrogen and oxygen atoms in total. The molecule has 0 spiro atoms. The zero-order chi connectivity index (χ0) is 17.1. The van der Waals surface area contributed by atoms with E-state index in [2.05, 4.69) is 0 Å². The summed E-state index contributed by atoms with van der Waals surface area (Å²) in [5.41, 5.74) is 0. The summed E-state index contributed by atoms with van der Waals surface area (Å²) in [5.74, 6) is -0.235. The van der Waals surface area contributed by atoms with Crippen LogP contribution in [0.15, 0.2) is 0 Å². The Labute approximate surface area is 143 Å². The summed E-state index contributed by atoms with van der Waals surface area (Å²) in [6, 6.07) is 0. The van der Waals surface area contributed by atoms with Crippen LogP contribution in [0.4, 0.5) is 0 Å². The second-order valence-corrected chi connectivity index (χ2v) is 7.82. The summed E-state index contributed by atoms with van der Waals surface area (Å²) in [7, 11) is 0. The largest absolute Gasteiger partial charge is 0.393 e. The molecule has 0 aromatic carbocycles. The van der Waals surface area contributed by atoms with E-state index in [9.17, 15) is 20.1 Å². The van der Waals surface area contributed by atoms with Crippen LogP contribution in [0.5, 0.6) is 0 Å². The number of carbonyl (C=O) groups is 1. The lowest BCUT2D eigenvalue weighted by molar-refractivity contribution is -0.158. The number of aliphatic hydroxyl groups is 3. The molecule has 2 saturated carbocycles. The van der Waals surface area contributed by atoms with Crippen LogP contribution in [-0.2, 0) is 9.53 Å². The van der Waals surface area contributed by atoms with Crippen molar-refractivity contribution in [1.82, 2.24) is 4.90 Å². The number of likely N-dealkylation sites (tertiary alicyclic amines) is 1. The summed E-state index contributed by atoms with van der Waals surface area (Å²) >= 11 is 0. The lowest BCUT2D eigenvalue weighted by Crippen LogP contribution is -2.52. The van der Waals surface area contributed by atoms with Gasteiger partial charge in [0.15, 0.2) is 0 Å². The fourth-order valence-corrected chi connectivity index (χ4v) is 4.45. The molecule has 1 saturated heterocycles. The first-order valence-electron chi connectivity index (χ1n) is 9.49. The van der Waals surface area contributed by atoms with Crippen LogP contribution in [0, 0.1) is 11.8 Å². The molecule has 0 aromatic rings. The van der Waals surface area contributed by atoms with Crippen molar-refractivity contribution in [2.75, 3.05) is 19.7 Å². The van der Waals surface area contributed by atoms with E-state index in [4.69, 9.17) is 4.74 Å². The molecule has 4 unspecified atom stereocenters. The minimum atomic E-state index is -0.879. The maximum absolute atomic E-state index is 12.8. The zero-order valence-electron chi connectivity index (χ0n) is 14.3. The van der Waals surface area contributed by atoms with E-state index < -0.39 is 30.3 Å². The number of ether oxygens (including phenoxy) is 1. The van der Waals surface area contributed by atoms with Gasteiger partial charge in [-0.25, -0.2) is 0 Å². The Kier molecular flexibility index (Phi) is 6.13. The molecule has 1 amide bonds. The van der Waals surface area contributed by atoms with Crippen molar-refractivity contribution in [3.8, 4) is 0 Å². The smallest absolute Gasteiger partial charge is 0.231 e. The minimum Gasteiger partial charge on any atom is -0.393 e. The van der Waals surface area contributed by atoms with Gasteiger partial charge in [-0.15, -0.1) is 0 Å². The van der Waals surface area contributed by atoms with Gasteiger partial charge < -0.3 is 25.0 Å². The first-order valence-corrected chi connectivity index (χ1v) is 9.49. The second kappa shape index (κ2) is 8.13. The molecule has 5 atom stereocenters. The highest BCUT2D eigenvalue weighted by Crippen LogP contribution is 2.32. The topological polar surface area (TPSA) is 90.2 Å². The minimum absolute atomic E-state index is 0.139. The maximum Gasteiger partial charge on any atom is 0.231 e. The van der Waals surface area contributed by atoms with E-state index in [0.717, 1.165) is 12.8 Å². The molecule has 3 N–H and O–H groups in total. The molecule has 2 aliphatic carbocycles.